The molecule has 5 nitrogen and oxygen atoms in total. The van der Waals surface area contributed by atoms with E-state index in [1.165, 1.54) is 7.11 Å². The van der Waals surface area contributed by atoms with E-state index in [1.54, 1.807) is 4.90 Å². The number of amides is 1. The van der Waals surface area contributed by atoms with Crippen molar-refractivity contribution in [1.29, 1.82) is 0 Å². The van der Waals surface area contributed by atoms with Crippen molar-refractivity contribution in [2.75, 3.05) is 26.8 Å². The molecule has 0 aromatic heterocycles. The topological polar surface area (TPSA) is 55.8 Å². The monoisotopic (exact) mass is 627 g/mol. The first kappa shape index (κ1) is 17.7. The summed E-state index contributed by atoms with van der Waals surface area (Å²) in [6.45, 7) is 1.04. The molecular weight excluding hydrogens is 615 g/mol. The largest absolute Gasteiger partial charge is 0.467 e. The van der Waals surface area contributed by atoms with Gasteiger partial charge in [0, 0.05) is 17.3 Å². The van der Waals surface area contributed by atoms with Gasteiger partial charge in [-0.25, -0.2) is 4.79 Å². The van der Waals surface area contributed by atoms with E-state index in [4.69, 9.17) is 4.74 Å². The molecule has 0 aliphatic carbocycles. The highest BCUT2D eigenvalue weighted by atomic mass is 127. The van der Waals surface area contributed by atoms with Gasteiger partial charge < -0.3 is 14.4 Å². The van der Waals surface area contributed by atoms with Crippen LogP contribution in [0.3, 0.4) is 0 Å². The minimum absolute atomic E-state index is 0.0759. The number of benzene rings is 1. The number of hydrogen-bond donors (Lipinski definition) is 0. The molecule has 1 aromatic carbocycles. The molecule has 21 heavy (non-hydrogen) atoms. The fraction of sp³-hybridized carbons (Fsp3) is 0.385. The second-order valence-corrected chi connectivity index (χ2v) is 7.87. The minimum atomic E-state index is -0.702. The third kappa shape index (κ3) is 4.19. The Morgan fingerprint density at radius 1 is 1.33 bits per heavy atom. The molecule has 1 amide bonds. The Morgan fingerprint density at radius 2 is 2.05 bits per heavy atom. The molecular formula is C13H12I3NO4. The quantitative estimate of drug-likeness (QED) is 0.288. The average Bonchev–Trinajstić information content (AvgIpc) is 2.49. The van der Waals surface area contributed by atoms with Gasteiger partial charge in [-0.3, -0.25) is 4.79 Å². The van der Waals surface area contributed by atoms with E-state index < -0.39 is 12.1 Å². The van der Waals surface area contributed by atoms with Crippen LogP contribution in [-0.2, 0) is 14.3 Å². The molecule has 114 valence electrons. The number of hydrogen-bond acceptors (Lipinski definition) is 4. The molecule has 1 aliphatic rings. The molecule has 1 aromatic rings. The summed E-state index contributed by atoms with van der Waals surface area (Å²) in [4.78, 5) is 25.9. The molecule has 1 aliphatic heterocycles. The third-order valence-electron chi connectivity index (χ3n) is 3.04. The van der Waals surface area contributed by atoms with Gasteiger partial charge >= 0.3 is 5.97 Å². The number of ether oxygens (including phenoxy) is 2. The number of rotatable bonds is 2. The van der Waals surface area contributed by atoms with Crippen LogP contribution in [0.25, 0.3) is 0 Å². The van der Waals surface area contributed by atoms with Crippen LogP contribution in [0, 0.1) is 10.7 Å². The SMILES string of the molecule is COC(=O)C1CN(C(=O)c2cc(I)cc(I)c2I)CCO1. The van der Waals surface area contributed by atoms with E-state index in [0.717, 1.165) is 10.7 Å². The van der Waals surface area contributed by atoms with Crippen LogP contribution >= 0.6 is 67.8 Å². The van der Waals surface area contributed by atoms with Crippen LogP contribution in [0.2, 0.25) is 0 Å². The van der Waals surface area contributed by atoms with Crippen molar-refractivity contribution in [2.24, 2.45) is 0 Å². The van der Waals surface area contributed by atoms with Crippen molar-refractivity contribution >= 4 is 79.6 Å². The molecule has 0 spiro atoms. The van der Waals surface area contributed by atoms with Gasteiger partial charge in [-0.2, -0.15) is 0 Å². The average molecular weight is 627 g/mol. The Kier molecular flexibility index (Phi) is 6.50. The molecule has 1 saturated heterocycles. The molecule has 1 heterocycles. The lowest BCUT2D eigenvalue weighted by Crippen LogP contribution is -2.49. The number of nitrogens with zero attached hydrogens (tertiary/aromatic N) is 1. The smallest absolute Gasteiger partial charge is 0.336 e. The van der Waals surface area contributed by atoms with Crippen molar-refractivity contribution < 1.29 is 19.1 Å². The number of carbonyl (C=O) groups excluding carboxylic acids is 2. The number of morpholine rings is 1. The summed E-state index contributed by atoms with van der Waals surface area (Å²) >= 11 is 6.59. The number of halogens is 3. The van der Waals surface area contributed by atoms with Crippen LogP contribution in [0.15, 0.2) is 12.1 Å². The molecule has 0 radical (unpaired) electrons. The van der Waals surface area contributed by atoms with Crippen molar-refractivity contribution in [3.8, 4) is 0 Å². The lowest BCUT2D eigenvalue weighted by Gasteiger charge is -2.31. The van der Waals surface area contributed by atoms with Gasteiger partial charge in [0.2, 0.25) is 0 Å². The van der Waals surface area contributed by atoms with Crippen LogP contribution in [0.5, 0.6) is 0 Å². The minimum Gasteiger partial charge on any atom is -0.467 e. The van der Waals surface area contributed by atoms with Crippen LogP contribution in [-0.4, -0.2) is 49.7 Å². The zero-order valence-corrected chi connectivity index (χ0v) is 17.5. The zero-order valence-electron chi connectivity index (χ0n) is 11.1. The first-order chi connectivity index (χ1) is 9.93. The Hall–Kier alpha value is 0.310. The first-order valence-electron chi connectivity index (χ1n) is 6.07. The van der Waals surface area contributed by atoms with E-state index in [-0.39, 0.29) is 12.5 Å². The summed E-state index contributed by atoms with van der Waals surface area (Å²) in [5.74, 6) is -0.521. The molecule has 0 bridgehead atoms. The summed E-state index contributed by atoms with van der Waals surface area (Å²) in [5.41, 5.74) is 0.664. The highest BCUT2D eigenvalue weighted by Crippen LogP contribution is 2.24. The zero-order chi connectivity index (χ0) is 15.6. The fourth-order valence-electron chi connectivity index (χ4n) is 1.99. The maximum absolute atomic E-state index is 12.7. The van der Waals surface area contributed by atoms with Gasteiger partial charge in [-0.05, 0) is 79.9 Å². The molecule has 1 fully saturated rings. The molecule has 8 heteroatoms. The van der Waals surface area contributed by atoms with Crippen LogP contribution in [0.1, 0.15) is 10.4 Å². The molecule has 2 rings (SSSR count). The lowest BCUT2D eigenvalue weighted by atomic mass is 10.1. The lowest BCUT2D eigenvalue weighted by molar-refractivity contribution is -0.158. The maximum Gasteiger partial charge on any atom is 0.336 e. The van der Waals surface area contributed by atoms with Gasteiger partial charge in [-0.15, -0.1) is 0 Å². The van der Waals surface area contributed by atoms with Crippen molar-refractivity contribution in [2.45, 2.75) is 6.10 Å². The third-order valence-corrected chi connectivity index (χ3v) is 6.71. The molecule has 0 saturated carbocycles. The van der Waals surface area contributed by atoms with Crippen molar-refractivity contribution in [3.05, 3.63) is 28.4 Å². The molecule has 0 N–H and O–H groups in total. The predicted molar refractivity (Wildman–Crippen MR) is 102 cm³/mol. The molecule has 1 atom stereocenters. The Labute approximate surface area is 163 Å². The highest BCUT2D eigenvalue weighted by molar-refractivity contribution is 14.1. The molecule has 1 unspecified atom stereocenters. The standard InChI is InChI=1S/C13H12I3NO4/c1-20-13(19)10-6-17(2-3-21-10)12(18)8-4-7(14)5-9(15)11(8)16/h4-5,10H,2-3,6H2,1H3. The van der Waals surface area contributed by atoms with Gasteiger partial charge in [-0.1, -0.05) is 0 Å². The summed E-state index contributed by atoms with van der Waals surface area (Å²) in [5, 5.41) is 0. The van der Waals surface area contributed by atoms with E-state index >= 15 is 0 Å². The maximum atomic E-state index is 12.7. The normalized spacial score (nSPS) is 18.5. The Morgan fingerprint density at radius 3 is 2.71 bits per heavy atom. The van der Waals surface area contributed by atoms with Gasteiger partial charge in [0.15, 0.2) is 6.10 Å². The van der Waals surface area contributed by atoms with Crippen molar-refractivity contribution in [3.63, 3.8) is 0 Å². The fourth-order valence-corrected chi connectivity index (χ4v) is 4.38. The van der Waals surface area contributed by atoms with E-state index in [0.29, 0.717) is 18.7 Å². The van der Waals surface area contributed by atoms with Gasteiger partial charge in [0.25, 0.3) is 5.91 Å². The number of esters is 1. The Balaban J connectivity index is 2.22. The summed E-state index contributed by atoms with van der Waals surface area (Å²) in [7, 11) is 1.32. The first-order valence-corrected chi connectivity index (χ1v) is 9.31. The van der Waals surface area contributed by atoms with E-state index in [2.05, 4.69) is 72.5 Å². The van der Waals surface area contributed by atoms with Crippen molar-refractivity contribution in [1.82, 2.24) is 4.90 Å². The second-order valence-electron chi connectivity index (χ2n) is 4.38. The highest BCUT2D eigenvalue weighted by Gasteiger charge is 2.31. The van der Waals surface area contributed by atoms with Crippen LogP contribution < -0.4 is 0 Å². The van der Waals surface area contributed by atoms with Gasteiger partial charge in [0.1, 0.15) is 0 Å². The number of methoxy groups -OCH3 is 1. The predicted octanol–water partition coefficient (Wildman–Crippen LogP) is 2.51. The summed E-state index contributed by atoms with van der Waals surface area (Å²) < 4.78 is 13.0. The summed E-state index contributed by atoms with van der Waals surface area (Å²) in [6, 6.07) is 3.89. The Bertz CT molecular complexity index is 579. The second kappa shape index (κ2) is 7.73. The van der Waals surface area contributed by atoms with E-state index in [1.807, 2.05) is 12.1 Å². The number of carbonyl (C=O) groups is 2. The van der Waals surface area contributed by atoms with Gasteiger partial charge in [0.05, 0.1) is 25.8 Å². The van der Waals surface area contributed by atoms with Crippen LogP contribution in [0.4, 0.5) is 0 Å². The van der Waals surface area contributed by atoms with E-state index in [9.17, 15) is 9.59 Å². The summed E-state index contributed by atoms with van der Waals surface area (Å²) in [6.07, 6.45) is -0.702.